The number of aliphatic imine (C=N–C) groups is 1. The van der Waals surface area contributed by atoms with Crippen LogP contribution in [0.25, 0.3) is 0 Å². The second-order valence-corrected chi connectivity index (χ2v) is 3.92. The van der Waals surface area contributed by atoms with Gasteiger partial charge in [0.1, 0.15) is 5.01 Å². The molecule has 1 unspecified atom stereocenters. The fourth-order valence-corrected chi connectivity index (χ4v) is 1.67. The van der Waals surface area contributed by atoms with Crippen LogP contribution in [-0.2, 0) is 9.53 Å². The first-order valence-electron chi connectivity index (χ1n) is 4.80. The Morgan fingerprint density at radius 3 is 2.94 bits per heavy atom. The van der Waals surface area contributed by atoms with Gasteiger partial charge in [-0.15, -0.1) is 11.3 Å². The lowest BCUT2D eigenvalue weighted by atomic mass is 10.3. The van der Waals surface area contributed by atoms with Crippen LogP contribution in [0.2, 0.25) is 0 Å². The molecule has 1 heterocycles. The molecule has 6 nitrogen and oxygen atoms in total. The van der Waals surface area contributed by atoms with Gasteiger partial charge >= 0.3 is 5.97 Å². The van der Waals surface area contributed by atoms with Crippen LogP contribution in [0, 0.1) is 0 Å². The van der Waals surface area contributed by atoms with E-state index in [9.17, 15) is 4.79 Å². The van der Waals surface area contributed by atoms with Gasteiger partial charge in [-0.1, -0.05) is 6.92 Å². The fourth-order valence-electron chi connectivity index (χ4n) is 1.01. The zero-order valence-corrected chi connectivity index (χ0v) is 9.74. The third-order valence-electron chi connectivity index (χ3n) is 1.64. The number of thiazole rings is 1. The van der Waals surface area contributed by atoms with Gasteiger partial charge in [-0.2, -0.15) is 0 Å². The summed E-state index contributed by atoms with van der Waals surface area (Å²) in [6.45, 7) is 2.26. The third kappa shape index (κ3) is 3.50. The number of guanidine groups is 1. The Hall–Kier alpha value is -1.63. The van der Waals surface area contributed by atoms with Crippen molar-refractivity contribution in [2.45, 2.75) is 19.4 Å². The number of aromatic nitrogens is 1. The number of nitrogens with zero attached hydrogens (tertiary/aromatic N) is 2. The second kappa shape index (κ2) is 6.06. The standard InChI is InChI=1S/C9H14N4O2S/c1-2-4-15-8(14)6(13-9(10)11)7-12-3-5-16-7/h3,5-6H,2,4H2,1H3,(H4,10,11,13). The van der Waals surface area contributed by atoms with Crippen LogP contribution < -0.4 is 11.5 Å². The smallest absolute Gasteiger partial charge is 0.338 e. The molecule has 0 aromatic carbocycles. The van der Waals surface area contributed by atoms with Gasteiger partial charge in [-0.25, -0.2) is 14.8 Å². The number of esters is 1. The van der Waals surface area contributed by atoms with Crippen molar-refractivity contribution in [2.24, 2.45) is 16.5 Å². The van der Waals surface area contributed by atoms with Crippen LogP contribution in [-0.4, -0.2) is 23.5 Å². The highest BCUT2D eigenvalue weighted by molar-refractivity contribution is 7.09. The van der Waals surface area contributed by atoms with Gasteiger partial charge in [-0.05, 0) is 6.42 Å². The monoisotopic (exact) mass is 242 g/mol. The summed E-state index contributed by atoms with van der Waals surface area (Å²) in [4.78, 5) is 19.5. The molecule has 0 saturated heterocycles. The molecule has 88 valence electrons. The van der Waals surface area contributed by atoms with Crippen molar-refractivity contribution in [3.8, 4) is 0 Å². The average Bonchev–Trinajstić information content (AvgIpc) is 2.75. The van der Waals surface area contributed by atoms with Crippen molar-refractivity contribution in [3.63, 3.8) is 0 Å². The predicted octanol–water partition coefficient (Wildman–Crippen LogP) is 0.411. The molecule has 0 bridgehead atoms. The Labute approximate surface area is 97.3 Å². The Bertz CT molecular complexity index is 360. The van der Waals surface area contributed by atoms with Crippen molar-refractivity contribution >= 4 is 23.3 Å². The number of hydrogen-bond acceptors (Lipinski definition) is 5. The molecular formula is C9H14N4O2S. The van der Waals surface area contributed by atoms with Crippen molar-refractivity contribution in [2.75, 3.05) is 6.61 Å². The minimum absolute atomic E-state index is 0.159. The Kier molecular flexibility index (Phi) is 4.71. The second-order valence-electron chi connectivity index (χ2n) is 2.99. The maximum Gasteiger partial charge on any atom is 0.338 e. The van der Waals surface area contributed by atoms with E-state index in [-0.39, 0.29) is 5.96 Å². The molecule has 1 aromatic heterocycles. The molecular weight excluding hydrogens is 228 g/mol. The minimum atomic E-state index is -0.850. The fraction of sp³-hybridized carbons (Fsp3) is 0.444. The molecule has 0 aliphatic rings. The molecule has 0 fully saturated rings. The number of nitrogens with two attached hydrogens (primary N) is 2. The summed E-state index contributed by atoms with van der Waals surface area (Å²) in [5, 5.41) is 2.27. The lowest BCUT2D eigenvalue weighted by Gasteiger charge is -2.09. The van der Waals surface area contributed by atoms with Crippen LogP contribution >= 0.6 is 11.3 Å². The summed E-state index contributed by atoms with van der Waals surface area (Å²) < 4.78 is 4.99. The zero-order valence-electron chi connectivity index (χ0n) is 8.92. The summed E-state index contributed by atoms with van der Waals surface area (Å²) in [5.41, 5.74) is 10.5. The number of rotatable bonds is 5. The Morgan fingerprint density at radius 2 is 2.44 bits per heavy atom. The van der Waals surface area contributed by atoms with E-state index in [1.54, 1.807) is 11.6 Å². The van der Waals surface area contributed by atoms with Crippen LogP contribution in [0.5, 0.6) is 0 Å². The van der Waals surface area contributed by atoms with E-state index in [4.69, 9.17) is 16.2 Å². The van der Waals surface area contributed by atoms with Crippen LogP contribution in [0.15, 0.2) is 16.6 Å². The number of carbonyl (C=O) groups is 1. The maximum atomic E-state index is 11.7. The number of ether oxygens (including phenoxy) is 1. The quantitative estimate of drug-likeness (QED) is 0.442. The summed E-state index contributed by atoms with van der Waals surface area (Å²) >= 11 is 1.30. The lowest BCUT2D eigenvalue weighted by Crippen LogP contribution is -2.26. The SMILES string of the molecule is CCCOC(=O)C(N=C(N)N)c1nccs1. The van der Waals surface area contributed by atoms with Gasteiger partial charge in [0.05, 0.1) is 6.61 Å². The maximum absolute atomic E-state index is 11.7. The highest BCUT2D eigenvalue weighted by atomic mass is 32.1. The van der Waals surface area contributed by atoms with Gasteiger partial charge < -0.3 is 16.2 Å². The Morgan fingerprint density at radius 1 is 1.69 bits per heavy atom. The van der Waals surface area contributed by atoms with Gasteiger partial charge in [0.15, 0.2) is 5.96 Å². The van der Waals surface area contributed by atoms with E-state index >= 15 is 0 Å². The molecule has 1 atom stereocenters. The molecule has 4 N–H and O–H groups in total. The third-order valence-corrected chi connectivity index (χ3v) is 2.46. The first-order chi connectivity index (χ1) is 7.65. The van der Waals surface area contributed by atoms with Gasteiger partial charge in [-0.3, -0.25) is 0 Å². The van der Waals surface area contributed by atoms with E-state index in [1.807, 2.05) is 6.92 Å². The molecule has 0 radical (unpaired) electrons. The number of hydrogen-bond donors (Lipinski definition) is 2. The van der Waals surface area contributed by atoms with E-state index in [1.165, 1.54) is 11.3 Å². The van der Waals surface area contributed by atoms with Crippen molar-refractivity contribution in [1.82, 2.24) is 4.98 Å². The summed E-state index contributed by atoms with van der Waals surface area (Å²) in [5.74, 6) is -0.640. The van der Waals surface area contributed by atoms with Gasteiger partial charge in [0.2, 0.25) is 6.04 Å². The van der Waals surface area contributed by atoms with Crippen molar-refractivity contribution < 1.29 is 9.53 Å². The van der Waals surface area contributed by atoms with E-state index in [0.717, 1.165) is 6.42 Å². The molecule has 0 aliphatic carbocycles. The van der Waals surface area contributed by atoms with Crippen molar-refractivity contribution in [3.05, 3.63) is 16.6 Å². The summed E-state index contributed by atoms with van der Waals surface area (Å²) in [6.07, 6.45) is 2.33. The first kappa shape index (κ1) is 12.4. The molecule has 0 aliphatic heterocycles. The van der Waals surface area contributed by atoms with Gasteiger partial charge in [0, 0.05) is 11.6 Å². The van der Waals surface area contributed by atoms with E-state index < -0.39 is 12.0 Å². The normalized spacial score (nSPS) is 11.8. The van der Waals surface area contributed by atoms with E-state index in [2.05, 4.69) is 9.98 Å². The molecule has 1 rings (SSSR count). The zero-order chi connectivity index (χ0) is 12.0. The van der Waals surface area contributed by atoms with E-state index in [0.29, 0.717) is 11.6 Å². The highest BCUT2D eigenvalue weighted by Crippen LogP contribution is 2.21. The van der Waals surface area contributed by atoms with Crippen LogP contribution in [0.1, 0.15) is 24.4 Å². The highest BCUT2D eigenvalue weighted by Gasteiger charge is 2.23. The molecule has 0 saturated carbocycles. The molecule has 0 spiro atoms. The summed E-state index contributed by atoms with van der Waals surface area (Å²) in [7, 11) is 0. The molecule has 7 heteroatoms. The minimum Gasteiger partial charge on any atom is -0.464 e. The molecule has 16 heavy (non-hydrogen) atoms. The topological polar surface area (TPSA) is 104 Å². The molecule has 1 aromatic rings. The first-order valence-corrected chi connectivity index (χ1v) is 5.68. The largest absolute Gasteiger partial charge is 0.464 e. The predicted molar refractivity (Wildman–Crippen MR) is 61.9 cm³/mol. The van der Waals surface area contributed by atoms with Crippen molar-refractivity contribution in [1.29, 1.82) is 0 Å². The summed E-state index contributed by atoms with van der Waals surface area (Å²) in [6, 6.07) is -0.850. The van der Waals surface area contributed by atoms with Gasteiger partial charge in [0.25, 0.3) is 0 Å². The van der Waals surface area contributed by atoms with Crippen LogP contribution in [0.3, 0.4) is 0 Å². The number of carbonyl (C=O) groups excluding carboxylic acids is 1. The molecule has 0 amide bonds. The van der Waals surface area contributed by atoms with Crippen LogP contribution in [0.4, 0.5) is 0 Å². The Balaban J connectivity index is 2.80. The lowest BCUT2D eigenvalue weighted by molar-refractivity contribution is -0.145. The average molecular weight is 242 g/mol.